The van der Waals surface area contributed by atoms with Gasteiger partial charge in [0.25, 0.3) is 0 Å². The minimum Gasteiger partial charge on any atom is -0.352 e. The van der Waals surface area contributed by atoms with Crippen LogP contribution in [0.5, 0.6) is 0 Å². The molecular formula is C15H22N2O. The van der Waals surface area contributed by atoms with Gasteiger partial charge in [0.15, 0.2) is 0 Å². The van der Waals surface area contributed by atoms with Crippen molar-refractivity contribution in [3.63, 3.8) is 0 Å². The number of hydrogen-bond donors (Lipinski definition) is 2. The Bertz CT molecular complexity index is 377. The lowest BCUT2D eigenvalue weighted by Crippen LogP contribution is -2.41. The van der Waals surface area contributed by atoms with E-state index in [4.69, 9.17) is 5.73 Å². The van der Waals surface area contributed by atoms with Crippen molar-refractivity contribution in [2.45, 2.75) is 44.7 Å². The third-order valence-electron chi connectivity index (χ3n) is 3.72. The maximum atomic E-state index is 12.1. The highest BCUT2D eigenvalue weighted by atomic mass is 16.1. The van der Waals surface area contributed by atoms with Crippen LogP contribution >= 0.6 is 0 Å². The summed E-state index contributed by atoms with van der Waals surface area (Å²) in [6.07, 6.45) is 5.39. The largest absolute Gasteiger partial charge is 0.352 e. The Morgan fingerprint density at radius 1 is 1.17 bits per heavy atom. The van der Waals surface area contributed by atoms with Crippen LogP contribution in [-0.2, 0) is 11.3 Å². The molecule has 0 heterocycles. The van der Waals surface area contributed by atoms with Crippen molar-refractivity contribution < 1.29 is 4.79 Å². The lowest BCUT2D eigenvalue weighted by atomic mass is 9.94. The molecule has 3 N–H and O–H groups in total. The van der Waals surface area contributed by atoms with Gasteiger partial charge in [0.05, 0.1) is 5.92 Å². The maximum Gasteiger partial charge on any atom is 0.224 e. The van der Waals surface area contributed by atoms with Crippen LogP contribution in [0.2, 0.25) is 0 Å². The molecule has 18 heavy (non-hydrogen) atoms. The van der Waals surface area contributed by atoms with Gasteiger partial charge in [0.1, 0.15) is 0 Å². The third-order valence-corrected chi connectivity index (χ3v) is 3.72. The molecule has 1 amide bonds. The van der Waals surface area contributed by atoms with Crippen LogP contribution in [-0.4, -0.2) is 11.9 Å². The van der Waals surface area contributed by atoms with E-state index in [0.717, 1.165) is 31.2 Å². The monoisotopic (exact) mass is 246 g/mol. The van der Waals surface area contributed by atoms with Crippen molar-refractivity contribution in [2.24, 2.45) is 11.7 Å². The zero-order chi connectivity index (χ0) is 12.8. The van der Waals surface area contributed by atoms with Crippen LogP contribution in [0.4, 0.5) is 0 Å². The highest BCUT2D eigenvalue weighted by molar-refractivity contribution is 5.79. The van der Waals surface area contributed by atoms with E-state index in [1.54, 1.807) is 0 Å². The third kappa shape index (κ3) is 3.57. The quantitative estimate of drug-likeness (QED) is 0.803. The van der Waals surface area contributed by atoms with Crippen LogP contribution in [0.25, 0.3) is 0 Å². The van der Waals surface area contributed by atoms with Crippen molar-refractivity contribution in [1.82, 2.24) is 5.32 Å². The molecule has 1 aromatic rings. The zero-order valence-electron chi connectivity index (χ0n) is 10.8. The second-order valence-electron chi connectivity index (χ2n) is 5.11. The van der Waals surface area contributed by atoms with E-state index in [0.29, 0.717) is 6.54 Å². The lowest BCUT2D eigenvalue weighted by Gasteiger charge is -2.20. The van der Waals surface area contributed by atoms with Gasteiger partial charge in [-0.2, -0.15) is 0 Å². The molecule has 0 radical (unpaired) electrons. The molecule has 0 spiro atoms. The first-order valence-electron chi connectivity index (χ1n) is 6.84. The fourth-order valence-electron chi connectivity index (χ4n) is 2.58. The van der Waals surface area contributed by atoms with Gasteiger partial charge in [0, 0.05) is 12.6 Å². The molecule has 2 atom stereocenters. The molecule has 3 heteroatoms. The molecule has 98 valence electrons. The molecule has 1 aliphatic rings. The van der Waals surface area contributed by atoms with E-state index in [9.17, 15) is 4.79 Å². The van der Waals surface area contributed by atoms with Gasteiger partial charge in [-0.3, -0.25) is 4.79 Å². The predicted octanol–water partition coefficient (Wildman–Crippen LogP) is 2.21. The van der Waals surface area contributed by atoms with E-state index < -0.39 is 0 Å². The van der Waals surface area contributed by atoms with Crippen LogP contribution in [0.15, 0.2) is 30.3 Å². The van der Waals surface area contributed by atoms with Crippen molar-refractivity contribution >= 4 is 5.91 Å². The summed E-state index contributed by atoms with van der Waals surface area (Å²) in [5.74, 6) is 0.115. The smallest absolute Gasteiger partial charge is 0.224 e. The summed E-state index contributed by atoms with van der Waals surface area (Å²) >= 11 is 0. The van der Waals surface area contributed by atoms with E-state index in [1.165, 1.54) is 6.42 Å². The number of benzene rings is 1. The molecule has 1 aromatic carbocycles. The summed E-state index contributed by atoms with van der Waals surface area (Å²) in [5, 5.41) is 3.01. The summed E-state index contributed by atoms with van der Waals surface area (Å²) in [7, 11) is 0. The van der Waals surface area contributed by atoms with Crippen LogP contribution in [0.3, 0.4) is 0 Å². The number of carbonyl (C=O) groups is 1. The Morgan fingerprint density at radius 2 is 1.89 bits per heavy atom. The van der Waals surface area contributed by atoms with Gasteiger partial charge in [-0.1, -0.05) is 49.6 Å². The molecule has 1 fully saturated rings. The van der Waals surface area contributed by atoms with Crippen molar-refractivity contribution in [3.8, 4) is 0 Å². The van der Waals surface area contributed by atoms with Crippen LogP contribution in [0.1, 0.15) is 37.7 Å². The van der Waals surface area contributed by atoms with Crippen molar-refractivity contribution in [3.05, 3.63) is 35.9 Å². The maximum absolute atomic E-state index is 12.1. The van der Waals surface area contributed by atoms with E-state index in [-0.39, 0.29) is 17.9 Å². The van der Waals surface area contributed by atoms with Crippen LogP contribution < -0.4 is 11.1 Å². The molecule has 2 rings (SSSR count). The molecule has 0 bridgehead atoms. The molecule has 3 nitrogen and oxygen atoms in total. The lowest BCUT2D eigenvalue weighted by molar-refractivity contribution is -0.126. The van der Waals surface area contributed by atoms with Gasteiger partial charge >= 0.3 is 0 Å². The Hall–Kier alpha value is -1.35. The van der Waals surface area contributed by atoms with Crippen LogP contribution in [0, 0.1) is 5.92 Å². The number of carbonyl (C=O) groups excluding carboxylic acids is 1. The molecule has 2 unspecified atom stereocenters. The van der Waals surface area contributed by atoms with Crippen molar-refractivity contribution in [2.75, 3.05) is 0 Å². The fraction of sp³-hybridized carbons (Fsp3) is 0.533. The molecule has 1 saturated carbocycles. The Balaban J connectivity index is 1.87. The Labute approximate surface area is 109 Å². The standard InChI is InChI=1S/C15H22N2O/c16-14-10-6-2-5-9-13(14)15(18)17-11-12-7-3-1-4-8-12/h1,3-4,7-8,13-14H,2,5-6,9-11,16H2,(H,17,18). The average molecular weight is 246 g/mol. The molecule has 0 aliphatic heterocycles. The second-order valence-corrected chi connectivity index (χ2v) is 5.11. The average Bonchev–Trinajstić information content (AvgIpc) is 2.62. The number of nitrogens with two attached hydrogens (primary N) is 1. The number of rotatable bonds is 3. The number of amides is 1. The first kappa shape index (κ1) is 13.1. The predicted molar refractivity (Wildman–Crippen MR) is 72.8 cm³/mol. The molecule has 0 aromatic heterocycles. The van der Waals surface area contributed by atoms with Gasteiger partial charge in [0.2, 0.25) is 5.91 Å². The van der Waals surface area contributed by atoms with Gasteiger partial charge in [-0.25, -0.2) is 0 Å². The Kier molecular flexibility index (Phi) is 4.76. The minimum atomic E-state index is -0.00351. The highest BCUT2D eigenvalue weighted by Crippen LogP contribution is 2.22. The summed E-state index contributed by atoms with van der Waals surface area (Å²) in [5.41, 5.74) is 7.22. The second kappa shape index (κ2) is 6.55. The topological polar surface area (TPSA) is 55.1 Å². The van der Waals surface area contributed by atoms with E-state index in [1.807, 2.05) is 30.3 Å². The molecule has 1 aliphatic carbocycles. The first-order chi connectivity index (χ1) is 8.77. The summed E-state index contributed by atoms with van der Waals surface area (Å²) in [6.45, 7) is 0.600. The summed E-state index contributed by atoms with van der Waals surface area (Å²) in [6, 6.07) is 10.0. The van der Waals surface area contributed by atoms with Gasteiger partial charge < -0.3 is 11.1 Å². The minimum absolute atomic E-state index is 0.00351. The summed E-state index contributed by atoms with van der Waals surface area (Å²) in [4.78, 5) is 12.1. The highest BCUT2D eigenvalue weighted by Gasteiger charge is 2.26. The van der Waals surface area contributed by atoms with Crippen molar-refractivity contribution in [1.29, 1.82) is 0 Å². The number of hydrogen-bond acceptors (Lipinski definition) is 2. The van der Waals surface area contributed by atoms with E-state index in [2.05, 4.69) is 5.32 Å². The zero-order valence-corrected chi connectivity index (χ0v) is 10.8. The van der Waals surface area contributed by atoms with E-state index >= 15 is 0 Å². The van der Waals surface area contributed by atoms with Gasteiger partial charge in [-0.05, 0) is 18.4 Å². The molecular weight excluding hydrogens is 224 g/mol. The fourth-order valence-corrected chi connectivity index (χ4v) is 2.58. The summed E-state index contributed by atoms with van der Waals surface area (Å²) < 4.78 is 0. The normalized spacial score (nSPS) is 24.3. The SMILES string of the molecule is NC1CCCCCC1C(=O)NCc1ccccc1. The number of nitrogens with one attached hydrogen (secondary N) is 1. The molecule has 0 saturated heterocycles. The van der Waals surface area contributed by atoms with Gasteiger partial charge in [-0.15, -0.1) is 0 Å². The first-order valence-corrected chi connectivity index (χ1v) is 6.84. The Morgan fingerprint density at radius 3 is 2.67 bits per heavy atom.